The van der Waals surface area contributed by atoms with E-state index in [1.807, 2.05) is 24.3 Å². The third-order valence-corrected chi connectivity index (χ3v) is 4.35. The highest BCUT2D eigenvalue weighted by Crippen LogP contribution is 2.23. The second-order valence-electron chi connectivity index (χ2n) is 5.79. The number of likely N-dealkylation sites (tertiary alicyclic amines) is 1. The van der Waals surface area contributed by atoms with Crippen molar-refractivity contribution in [3.05, 3.63) is 41.4 Å². The first-order valence-corrected chi connectivity index (χ1v) is 7.68. The van der Waals surface area contributed by atoms with Crippen LogP contribution in [0.25, 0.3) is 11.3 Å². The summed E-state index contributed by atoms with van der Waals surface area (Å²) < 4.78 is 5.85. The number of halogens is 1. The molecule has 2 unspecified atom stereocenters. The first-order chi connectivity index (χ1) is 10.1. The fraction of sp³-hybridized carbons (Fsp3) is 0.438. The van der Waals surface area contributed by atoms with Gasteiger partial charge in [-0.25, -0.2) is 4.98 Å². The summed E-state index contributed by atoms with van der Waals surface area (Å²) in [5.74, 6) is 2.05. The van der Waals surface area contributed by atoms with Crippen molar-refractivity contribution < 1.29 is 4.42 Å². The van der Waals surface area contributed by atoms with Gasteiger partial charge in [0.1, 0.15) is 0 Å². The summed E-state index contributed by atoms with van der Waals surface area (Å²) in [6.45, 7) is 4.94. The van der Waals surface area contributed by atoms with E-state index in [1.54, 1.807) is 6.20 Å². The summed E-state index contributed by atoms with van der Waals surface area (Å²) in [5, 5.41) is 0.720. The first kappa shape index (κ1) is 14.6. The van der Waals surface area contributed by atoms with Gasteiger partial charge in [0.25, 0.3) is 0 Å². The van der Waals surface area contributed by atoms with Crippen LogP contribution in [0.15, 0.2) is 34.9 Å². The molecule has 0 amide bonds. The highest BCUT2D eigenvalue weighted by atomic mass is 35.5. The third-order valence-electron chi connectivity index (χ3n) is 4.10. The molecule has 0 radical (unpaired) electrons. The Morgan fingerprint density at radius 2 is 2.14 bits per heavy atom. The second-order valence-corrected chi connectivity index (χ2v) is 6.23. The molecule has 3 rings (SSSR count). The van der Waals surface area contributed by atoms with Gasteiger partial charge in [0.05, 0.1) is 12.7 Å². The minimum atomic E-state index is 0.315. The Morgan fingerprint density at radius 1 is 1.38 bits per heavy atom. The summed E-state index contributed by atoms with van der Waals surface area (Å²) in [4.78, 5) is 6.73. The van der Waals surface area contributed by atoms with Gasteiger partial charge in [-0.15, -0.1) is 0 Å². The summed E-state index contributed by atoms with van der Waals surface area (Å²) >= 11 is 5.90. The van der Waals surface area contributed by atoms with Crippen molar-refractivity contribution >= 4 is 11.6 Å². The Balaban J connectivity index is 1.66. The zero-order valence-electron chi connectivity index (χ0n) is 12.1. The lowest BCUT2D eigenvalue weighted by molar-refractivity contribution is 0.146. The number of piperidine rings is 1. The normalized spacial score (nSPS) is 23.4. The molecule has 2 N–H and O–H groups in total. The number of aromatic nitrogens is 1. The van der Waals surface area contributed by atoms with Crippen LogP contribution in [0, 0.1) is 5.92 Å². The lowest BCUT2D eigenvalue weighted by Crippen LogP contribution is -2.45. The molecule has 1 aromatic carbocycles. The SMILES string of the molecule is CC1CN(Cc2ncc(-c3ccc(Cl)cc3)o2)CCC1N. The fourth-order valence-electron chi connectivity index (χ4n) is 2.72. The number of hydrogen-bond acceptors (Lipinski definition) is 4. The van der Waals surface area contributed by atoms with Gasteiger partial charge >= 0.3 is 0 Å². The molecule has 4 nitrogen and oxygen atoms in total. The summed E-state index contributed by atoms with van der Waals surface area (Å²) in [6, 6.07) is 7.90. The highest BCUT2D eigenvalue weighted by Gasteiger charge is 2.24. The fourth-order valence-corrected chi connectivity index (χ4v) is 2.84. The molecule has 1 aliphatic heterocycles. The molecular weight excluding hydrogens is 286 g/mol. The Hall–Kier alpha value is -1.36. The van der Waals surface area contributed by atoms with Gasteiger partial charge in [0, 0.05) is 29.7 Å². The molecule has 2 heterocycles. The first-order valence-electron chi connectivity index (χ1n) is 7.30. The zero-order valence-corrected chi connectivity index (χ0v) is 12.9. The quantitative estimate of drug-likeness (QED) is 0.946. The molecule has 0 spiro atoms. The van der Waals surface area contributed by atoms with Crippen LogP contribution in [0.5, 0.6) is 0 Å². The number of benzene rings is 1. The molecule has 2 atom stereocenters. The van der Waals surface area contributed by atoms with E-state index in [-0.39, 0.29) is 0 Å². The van der Waals surface area contributed by atoms with Crippen LogP contribution in [-0.4, -0.2) is 29.0 Å². The minimum absolute atomic E-state index is 0.315. The topological polar surface area (TPSA) is 55.3 Å². The van der Waals surface area contributed by atoms with Crippen LogP contribution < -0.4 is 5.73 Å². The Morgan fingerprint density at radius 3 is 2.86 bits per heavy atom. The molecule has 1 aromatic heterocycles. The minimum Gasteiger partial charge on any atom is -0.439 e. The van der Waals surface area contributed by atoms with Gasteiger partial charge < -0.3 is 10.2 Å². The van der Waals surface area contributed by atoms with Gasteiger partial charge in [-0.1, -0.05) is 18.5 Å². The number of nitrogens with zero attached hydrogens (tertiary/aromatic N) is 2. The Bertz CT molecular complexity index is 596. The van der Waals surface area contributed by atoms with E-state index in [0.29, 0.717) is 12.0 Å². The Kier molecular flexibility index (Phi) is 4.29. The van der Waals surface area contributed by atoms with Gasteiger partial charge in [-0.05, 0) is 36.6 Å². The smallest absolute Gasteiger partial charge is 0.209 e. The molecule has 0 bridgehead atoms. The van der Waals surface area contributed by atoms with E-state index in [0.717, 1.165) is 48.3 Å². The molecule has 1 fully saturated rings. The van der Waals surface area contributed by atoms with Gasteiger partial charge in [0.15, 0.2) is 5.76 Å². The molecular formula is C16H20ClN3O. The predicted molar refractivity (Wildman–Crippen MR) is 84.0 cm³/mol. The van der Waals surface area contributed by atoms with Gasteiger partial charge in [-0.3, -0.25) is 4.90 Å². The molecule has 1 saturated heterocycles. The monoisotopic (exact) mass is 305 g/mol. The number of rotatable bonds is 3. The van der Waals surface area contributed by atoms with Crippen LogP contribution in [0.1, 0.15) is 19.2 Å². The van der Waals surface area contributed by atoms with Crippen molar-refractivity contribution in [2.45, 2.75) is 25.9 Å². The zero-order chi connectivity index (χ0) is 14.8. The maximum atomic E-state index is 6.05. The van der Waals surface area contributed by atoms with Crippen molar-refractivity contribution in [2.75, 3.05) is 13.1 Å². The number of hydrogen-bond donors (Lipinski definition) is 1. The van der Waals surface area contributed by atoms with Gasteiger partial charge in [0.2, 0.25) is 5.89 Å². The van der Waals surface area contributed by atoms with E-state index >= 15 is 0 Å². The van der Waals surface area contributed by atoms with E-state index in [1.165, 1.54) is 0 Å². The van der Waals surface area contributed by atoms with E-state index in [9.17, 15) is 0 Å². The molecule has 21 heavy (non-hydrogen) atoms. The molecule has 0 saturated carbocycles. The predicted octanol–water partition coefficient (Wildman–Crippen LogP) is 3.16. The Labute approximate surface area is 129 Å². The molecule has 2 aromatic rings. The molecule has 1 aliphatic rings. The van der Waals surface area contributed by atoms with Crippen LogP contribution >= 0.6 is 11.6 Å². The van der Waals surface area contributed by atoms with Crippen LogP contribution in [-0.2, 0) is 6.54 Å². The van der Waals surface area contributed by atoms with Crippen molar-refractivity contribution in [2.24, 2.45) is 11.7 Å². The molecule has 5 heteroatoms. The summed E-state index contributed by atoms with van der Waals surface area (Å²) in [6.07, 6.45) is 2.81. The van der Waals surface area contributed by atoms with Crippen LogP contribution in [0.3, 0.4) is 0 Å². The number of nitrogens with two attached hydrogens (primary N) is 1. The van der Waals surface area contributed by atoms with Crippen molar-refractivity contribution in [3.8, 4) is 11.3 Å². The largest absolute Gasteiger partial charge is 0.439 e. The van der Waals surface area contributed by atoms with Crippen molar-refractivity contribution in [3.63, 3.8) is 0 Å². The average molecular weight is 306 g/mol. The standard InChI is InChI=1S/C16H20ClN3O/c1-11-9-20(7-6-14(11)18)10-16-19-8-15(21-16)12-2-4-13(17)5-3-12/h2-5,8,11,14H,6-7,9-10,18H2,1H3. The third kappa shape index (κ3) is 3.46. The van der Waals surface area contributed by atoms with Crippen molar-refractivity contribution in [1.29, 1.82) is 0 Å². The highest BCUT2D eigenvalue weighted by molar-refractivity contribution is 6.30. The lowest BCUT2D eigenvalue weighted by atomic mass is 9.95. The van der Waals surface area contributed by atoms with Gasteiger partial charge in [-0.2, -0.15) is 0 Å². The van der Waals surface area contributed by atoms with Crippen molar-refractivity contribution in [1.82, 2.24) is 9.88 Å². The second kappa shape index (κ2) is 6.18. The molecule has 0 aliphatic carbocycles. The van der Waals surface area contributed by atoms with E-state index < -0.39 is 0 Å². The number of oxazole rings is 1. The lowest BCUT2D eigenvalue weighted by Gasteiger charge is -2.34. The molecule has 112 valence electrons. The summed E-state index contributed by atoms with van der Waals surface area (Å²) in [7, 11) is 0. The maximum absolute atomic E-state index is 6.05. The summed E-state index contributed by atoms with van der Waals surface area (Å²) in [5.41, 5.74) is 7.04. The van der Waals surface area contributed by atoms with E-state index in [2.05, 4.69) is 16.8 Å². The van der Waals surface area contributed by atoms with Crippen LogP contribution in [0.2, 0.25) is 5.02 Å². The van der Waals surface area contributed by atoms with E-state index in [4.69, 9.17) is 21.8 Å². The van der Waals surface area contributed by atoms with Crippen LogP contribution in [0.4, 0.5) is 0 Å². The average Bonchev–Trinajstić information content (AvgIpc) is 2.92. The maximum Gasteiger partial charge on any atom is 0.209 e.